The van der Waals surface area contributed by atoms with Crippen molar-refractivity contribution in [3.8, 4) is 5.00 Å². The van der Waals surface area contributed by atoms with E-state index in [2.05, 4.69) is 20.5 Å². The number of benzene rings is 2. The number of H-pyrrole nitrogens is 1. The summed E-state index contributed by atoms with van der Waals surface area (Å²) in [7, 11) is 0. The highest BCUT2D eigenvalue weighted by atomic mass is 35.5. The number of carbonyl (C=O) groups excluding carboxylic acids is 2. The molecule has 0 aliphatic rings. The Hall–Kier alpha value is -3.75. The molecule has 1 amide bonds. The fourth-order valence-corrected chi connectivity index (χ4v) is 5.34. The van der Waals surface area contributed by atoms with Gasteiger partial charge in [-0.2, -0.15) is 0 Å². The van der Waals surface area contributed by atoms with Crippen molar-refractivity contribution in [2.24, 2.45) is 0 Å². The van der Waals surface area contributed by atoms with Gasteiger partial charge in [-0.15, -0.1) is 21.5 Å². The number of nitrogens with one attached hydrogen (secondary N) is 2. The highest BCUT2D eigenvalue weighted by Crippen LogP contribution is 2.32. The van der Waals surface area contributed by atoms with Crippen LogP contribution >= 0.6 is 22.9 Å². The summed E-state index contributed by atoms with van der Waals surface area (Å²) in [5.41, 5.74) is 2.33. The number of para-hydroxylation sites is 1. The molecular formula is C26H22ClN5O2S. The lowest BCUT2D eigenvalue weighted by Gasteiger charge is -2.10. The average Bonchev–Trinajstić information content (AvgIpc) is 3.58. The number of carbonyl (C=O) groups is 2. The maximum Gasteiger partial charge on any atom is 0.268 e. The normalized spacial score (nSPS) is 11.2. The molecule has 0 unspecified atom stereocenters. The molecule has 3 aromatic heterocycles. The molecular weight excluding hydrogens is 482 g/mol. The van der Waals surface area contributed by atoms with Crippen molar-refractivity contribution in [3.63, 3.8) is 0 Å². The number of aromatic nitrogens is 4. The van der Waals surface area contributed by atoms with Crippen molar-refractivity contribution < 1.29 is 9.59 Å². The molecule has 7 nitrogen and oxygen atoms in total. The average molecular weight is 504 g/mol. The maximum absolute atomic E-state index is 13.5. The van der Waals surface area contributed by atoms with Crippen LogP contribution in [0, 0.1) is 6.92 Å². The van der Waals surface area contributed by atoms with Gasteiger partial charge in [0.25, 0.3) is 5.91 Å². The van der Waals surface area contributed by atoms with E-state index >= 15 is 0 Å². The lowest BCUT2D eigenvalue weighted by Crippen LogP contribution is -2.25. The lowest BCUT2D eigenvalue weighted by atomic mass is 10.0. The first kappa shape index (κ1) is 23.0. The number of nitrogens with zero attached hydrogens (tertiary/aromatic N) is 3. The van der Waals surface area contributed by atoms with Gasteiger partial charge in [-0.25, -0.2) is 0 Å². The van der Waals surface area contributed by atoms with Crippen molar-refractivity contribution in [2.45, 2.75) is 26.8 Å². The molecule has 5 rings (SSSR count). The maximum atomic E-state index is 13.5. The number of hydrogen-bond donors (Lipinski definition) is 2. The summed E-state index contributed by atoms with van der Waals surface area (Å²) < 4.78 is 1.83. The molecule has 0 saturated carbocycles. The molecule has 0 fully saturated rings. The molecule has 0 bridgehead atoms. The predicted octanol–water partition coefficient (Wildman–Crippen LogP) is 5.50. The summed E-state index contributed by atoms with van der Waals surface area (Å²) in [6.07, 6.45) is 0.779. The zero-order chi connectivity index (χ0) is 24.5. The van der Waals surface area contributed by atoms with Crippen molar-refractivity contribution in [1.29, 1.82) is 0 Å². The van der Waals surface area contributed by atoms with Gasteiger partial charge in [-0.05, 0) is 43.7 Å². The summed E-state index contributed by atoms with van der Waals surface area (Å²) in [5, 5.41) is 13.5. The van der Waals surface area contributed by atoms with Crippen LogP contribution in [0.1, 0.15) is 49.9 Å². The van der Waals surface area contributed by atoms with Crippen LogP contribution in [0.3, 0.4) is 0 Å². The van der Waals surface area contributed by atoms with Crippen molar-refractivity contribution in [2.75, 3.05) is 0 Å². The summed E-state index contributed by atoms with van der Waals surface area (Å²) in [6.45, 7) is 4.01. The minimum atomic E-state index is -0.249. The quantitative estimate of drug-likeness (QED) is 0.287. The third kappa shape index (κ3) is 4.38. The van der Waals surface area contributed by atoms with E-state index in [-0.39, 0.29) is 18.2 Å². The fraction of sp³-hybridized carbons (Fsp3) is 0.154. The van der Waals surface area contributed by atoms with Crippen LogP contribution in [0.25, 0.3) is 15.9 Å². The number of aryl methyl sites for hydroxylation is 2. The second kappa shape index (κ2) is 9.48. The molecule has 0 radical (unpaired) electrons. The third-order valence-electron chi connectivity index (χ3n) is 5.75. The first-order chi connectivity index (χ1) is 17.0. The predicted molar refractivity (Wildman–Crippen MR) is 138 cm³/mol. The second-order valence-electron chi connectivity index (χ2n) is 8.05. The van der Waals surface area contributed by atoms with E-state index < -0.39 is 0 Å². The number of halogens is 1. The molecule has 176 valence electrons. The zero-order valence-electron chi connectivity index (χ0n) is 19.1. The van der Waals surface area contributed by atoms with Gasteiger partial charge in [-0.3, -0.25) is 14.2 Å². The van der Waals surface area contributed by atoms with Crippen molar-refractivity contribution in [1.82, 2.24) is 25.1 Å². The summed E-state index contributed by atoms with van der Waals surface area (Å²) in [5.74, 6) is 0.742. The molecule has 0 aliphatic carbocycles. The van der Waals surface area contributed by atoms with E-state index in [4.69, 9.17) is 11.6 Å². The van der Waals surface area contributed by atoms with Gasteiger partial charge >= 0.3 is 0 Å². The standard InChI is InChI=1S/C26H22ClN5O2S/c1-3-17-13-19(24(33)18-9-5-6-10-20(18)27)26(35-17)32-15(2)30-31-23(32)14-28-25(34)22-12-16-8-4-7-11-21(16)29-22/h4-13,29H,3,14H2,1-2H3,(H,28,34). The molecule has 0 spiro atoms. The smallest absolute Gasteiger partial charge is 0.268 e. The van der Waals surface area contributed by atoms with Gasteiger partial charge in [0.05, 0.1) is 17.1 Å². The van der Waals surface area contributed by atoms with Gasteiger partial charge in [0, 0.05) is 21.3 Å². The summed E-state index contributed by atoms with van der Waals surface area (Å²) in [6, 6.07) is 18.4. The Labute approximate surface area is 210 Å². The largest absolute Gasteiger partial charge is 0.351 e. The second-order valence-corrected chi connectivity index (χ2v) is 9.57. The van der Waals surface area contributed by atoms with E-state index in [9.17, 15) is 9.59 Å². The Bertz CT molecular complexity index is 1530. The lowest BCUT2D eigenvalue weighted by molar-refractivity contribution is 0.0944. The molecule has 3 heterocycles. The molecule has 0 atom stereocenters. The van der Waals surface area contributed by atoms with Gasteiger partial charge < -0.3 is 10.3 Å². The minimum Gasteiger partial charge on any atom is -0.351 e. The number of thiophene rings is 1. The van der Waals surface area contributed by atoms with Gasteiger partial charge in [0.1, 0.15) is 16.5 Å². The molecule has 0 saturated heterocycles. The van der Waals surface area contributed by atoms with Crippen molar-refractivity contribution >= 4 is 45.5 Å². The molecule has 2 N–H and O–H groups in total. The number of fused-ring (bicyclic) bond motifs is 1. The van der Waals surface area contributed by atoms with Crippen LogP contribution in [0.15, 0.2) is 60.7 Å². The third-order valence-corrected chi connectivity index (χ3v) is 7.35. The monoisotopic (exact) mass is 503 g/mol. The number of ketones is 1. The number of aromatic amines is 1. The molecule has 2 aromatic carbocycles. The molecule has 35 heavy (non-hydrogen) atoms. The Kier molecular flexibility index (Phi) is 6.23. The minimum absolute atomic E-state index is 0.147. The topological polar surface area (TPSA) is 92.7 Å². The van der Waals surface area contributed by atoms with E-state index in [1.165, 1.54) is 11.3 Å². The van der Waals surface area contributed by atoms with E-state index in [0.717, 1.165) is 22.2 Å². The summed E-state index contributed by atoms with van der Waals surface area (Å²) in [4.78, 5) is 30.5. The first-order valence-corrected chi connectivity index (χ1v) is 12.3. The number of rotatable bonds is 7. The Balaban J connectivity index is 1.46. The highest BCUT2D eigenvalue weighted by molar-refractivity contribution is 7.15. The Morgan fingerprint density at radius 1 is 1.06 bits per heavy atom. The van der Waals surface area contributed by atoms with E-state index in [0.29, 0.717) is 38.5 Å². The van der Waals surface area contributed by atoms with Gasteiger partial charge in [0.2, 0.25) is 0 Å². The molecule has 0 aliphatic heterocycles. The molecule has 5 aromatic rings. The van der Waals surface area contributed by atoms with E-state index in [1.54, 1.807) is 24.3 Å². The number of hydrogen-bond acceptors (Lipinski definition) is 5. The number of amides is 1. The van der Waals surface area contributed by atoms with Crippen LogP contribution in [0.2, 0.25) is 5.02 Å². The van der Waals surface area contributed by atoms with Crippen LogP contribution in [0.4, 0.5) is 0 Å². The highest BCUT2D eigenvalue weighted by Gasteiger charge is 2.24. The van der Waals surface area contributed by atoms with Crippen LogP contribution in [-0.2, 0) is 13.0 Å². The SMILES string of the molecule is CCc1cc(C(=O)c2ccccc2Cl)c(-n2c(C)nnc2CNC(=O)c2cc3ccccc3[nH]2)s1. The van der Waals surface area contributed by atoms with Crippen LogP contribution in [-0.4, -0.2) is 31.4 Å². The van der Waals surface area contributed by atoms with Crippen LogP contribution < -0.4 is 5.32 Å². The molecule has 9 heteroatoms. The van der Waals surface area contributed by atoms with Gasteiger partial charge in [-0.1, -0.05) is 48.9 Å². The Morgan fingerprint density at radius 2 is 1.83 bits per heavy atom. The first-order valence-electron chi connectivity index (χ1n) is 11.2. The zero-order valence-corrected chi connectivity index (χ0v) is 20.7. The Morgan fingerprint density at radius 3 is 2.60 bits per heavy atom. The van der Waals surface area contributed by atoms with Gasteiger partial charge in [0.15, 0.2) is 11.6 Å². The van der Waals surface area contributed by atoms with Crippen molar-refractivity contribution in [3.05, 3.63) is 99.0 Å². The fourth-order valence-electron chi connectivity index (χ4n) is 3.96. The van der Waals surface area contributed by atoms with E-state index in [1.807, 2.05) is 54.8 Å². The summed E-state index contributed by atoms with van der Waals surface area (Å²) >= 11 is 7.83. The van der Waals surface area contributed by atoms with Crippen LogP contribution in [0.5, 0.6) is 0 Å².